The number of halogens is 4. The van der Waals surface area contributed by atoms with E-state index in [9.17, 15) is 18.0 Å². The third kappa shape index (κ3) is 6.43. The fraction of sp³-hybridized carbons (Fsp3) is 0.129. The van der Waals surface area contributed by atoms with Gasteiger partial charge in [0.2, 0.25) is 0 Å². The summed E-state index contributed by atoms with van der Waals surface area (Å²) in [4.78, 5) is 18.0. The zero-order valence-corrected chi connectivity index (χ0v) is 23.9. The summed E-state index contributed by atoms with van der Waals surface area (Å²) in [5.41, 5.74) is 0.692. The number of para-hydroxylation sites is 1. The van der Waals surface area contributed by atoms with Gasteiger partial charge in [-0.2, -0.15) is 22.9 Å². The Morgan fingerprint density at radius 3 is 2.46 bits per heavy atom. The zero-order chi connectivity index (χ0) is 29.0. The van der Waals surface area contributed by atoms with Crippen LogP contribution in [0.3, 0.4) is 0 Å². The molecule has 5 rings (SSSR count). The Balaban J connectivity index is 1.57. The van der Waals surface area contributed by atoms with Gasteiger partial charge in [-0.05, 0) is 77.0 Å². The molecular weight excluding hydrogens is 646 g/mol. The van der Waals surface area contributed by atoms with Crippen molar-refractivity contribution >= 4 is 39.7 Å². The smallest absolute Gasteiger partial charge is 0.416 e. The molecule has 0 aliphatic heterocycles. The van der Waals surface area contributed by atoms with Crippen molar-refractivity contribution in [1.82, 2.24) is 9.66 Å². The SMILES string of the molecule is CCOc1cc(C=Nn2c(-c3cccc(C(F)(F)F)c3)nc3ccccc3c2=O)cc(I)c1OCc1ccccc1. The summed E-state index contributed by atoms with van der Waals surface area (Å²) in [6.07, 6.45) is -3.11. The lowest BCUT2D eigenvalue weighted by Crippen LogP contribution is -2.20. The van der Waals surface area contributed by atoms with Gasteiger partial charge >= 0.3 is 6.18 Å². The van der Waals surface area contributed by atoms with Crippen molar-refractivity contribution in [3.8, 4) is 22.9 Å². The monoisotopic (exact) mass is 669 g/mol. The summed E-state index contributed by atoms with van der Waals surface area (Å²) in [5.74, 6) is 1.06. The second-order valence-corrected chi connectivity index (χ2v) is 10.1. The highest BCUT2D eigenvalue weighted by atomic mass is 127. The maximum absolute atomic E-state index is 13.5. The molecule has 1 heterocycles. The van der Waals surface area contributed by atoms with Crippen LogP contribution < -0.4 is 15.0 Å². The van der Waals surface area contributed by atoms with Gasteiger partial charge in [0.25, 0.3) is 5.56 Å². The van der Waals surface area contributed by atoms with Crippen molar-refractivity contribution in [2.24, 2.45) is 5.10 Å². The first-order valence-electron chi connectivity index (χ1n) is 12.6. The van der Waals surface area contributed by atoms with Crippen LogP contribution in [0.25, 0.3) is 22.3 Å². The Labute approximate surface area is 247 Å². The van der Waals surface area contributed by atoms with E-state index in [4.69, 9.17) is 9.47 Å². The van der Waals surface area contributed by atoms with E-state index in [1.807, 2.05) is 43.3 Å². The van der Waals surface area contributed by atoms with Gasteiger partial charge in [-0.25, -0.2) is 4.98 Å². The lowest BCUT2D eigenvalue weighted by molar-refractivity contribution is -0.137. The molecule has 0 fully saturated rings. The normalized spacial score (nSPS) is 11.7. The predicted molar refractivity (Wildman–Crippen MR) is 161 cm³/mol. The third-order valence-corrected chi connectivity index (χ3v) is 6.88. The standard InChI is InChI=1S/C31H23F3IN3O3/c1-2-40-27-16-21(15-25(35)28(27)41-19-20-9-4-3-5-10-20)18-36-38-29(22-11-8-12-23(17-22)31(32,33)34)37-26-14-7-6-13-24(26)30(38)39/h3-18H,2,19H2,1H3. The molecule has 5 aromatic rings. The van der Waals surface area contributed by atoms with Crippen LogP contribution in [-0.4, -0.2) is 22.5 Å². The fourth-order valence-electron chi connectivity index (χ4n) is 4.17. The molecule has 1 aromatic heterocycles. The minimum atomic E-state index is -4.56. The van der Waals surface area contributed by atoms with Gasteiger partial charge in [-0.15, -0.1) is 0 Å². The molecule has 0 spiro atoms. The summed E-state index contributed by atoms with van der Waals surface area (Å²) in [5, 5.41) is 4.68. The van der Waals surface area contributed by atoms with E-state index >= 15 is 0 Å². The van der Waals surface area contributed by atoms with Gasteiger partial charge in [0.05, 0.1) is 32.9 Å². The molecule has 0 bridgehead atoms. The first-order chi connectivity index (χ1) is 19.7. The molecule has 0 saturated heterocycles. The minimum absolute atomic E-state index is 0.0152. The molecule has 0 N–H and O–H groups in total. The summed E-state index contributed by atoms with van der Waals surface area (Å²) >= 11 is 2.14. The first-order valence-corrected chi connectivity index (χ1v) is 13.7. The lowest BCUT2D eigenvalue weighted by Gasteiger charge is -2.15. The quantitative estimate of drug-likeness (QED) is 0.127. The molecule has 0 aliphatic rings. The molecule has 208 valence electrons. The number of alkyl halides is 3. The molecule has 0 atom stereocenters. The average Bonchev–Trinajstić information content (AvgIpc) is 2.96. The van der Waals surface area contributed by atoms with Crippen LogP contribution in [0.1, 0.15) is 23.6 Å². The van der Waals surface area contributed by atoms with Crippen LogP contribution in [0.4, 0.5) is 13.2 Å². The molecule has 6 nitrogen and oxygen atoms in total. The average molecular weight is 669 g/mol. The number of nitrogens with zero attached hydrogens (tertiary/aromatic N) is 3. The number of hydrogen-bond acceptors (Lipinski definition) is 5. The largest absolute Gasteiger partial charge is 0.490 e. The van der Waals surface area contributed by atoms with E-state index in [2.05, 4.69) is 32.7 Å². The van der Waals surface area contributed by atoms with Crippen LogP contribution in [0, 0.1) is 3.57 Å². The maximum atomic E-state index is 13.5. The van der Waals surface area contributed by atoms with Crippen molar-refractivity contribution in [3.05, 3.63) is 122 Å². The van der Waals surface area contributed by atoms with Crippen molar-refractivity contribution in [3.63, 3.8) is 0 Å². The van der Waals surface area contributed by atoms with E-state index in [-0.39, 0.29) is 16.8 Å². The molecule has 0 unspecified atom stereocenters. The van der Waals surface area contributed by atoms with Crippen LogP contribution in [-0.2, 0) is 12.8 Å². The highest BCUT2D eigenvalue weighted by molar-refractivity contribution is 14.1. The van der Waals surface area contributed by atoms with Crippen molar-refractivity contribution in [2.75, 3.05) is 6.61 Å². The van der Waals surface area contributed by atoms with E-state index < -0.39 is 17.3 Å². The van der Waals surface area contributed by atoms with Crippen LogP contribution >= 0.6 is 22.6 Å². The highest BCUT2D eigenvalue weighted by Crippen LogP contribution is 2.35. The molecule has 4 aromatic carbocycles. The van der Waals surface area contributed by atoms with Gasteiger partial charge in [0.1, 0.15) is 6.61 Å². The molecule has 41 heavy (non-hydrogen) atoms. The van der Waals surface area contributed by atoms with Crippen LogP contribution in [0.2, 0.25) is 0 Å². The maximum Gasteiger partial charge on any atom is 0.416 e. The zero-order valence-electron chi connectivity index (χ0n) is 21.7. The number of ether oxygens (including phenoxy) is 2. The van der Waals surface area contributed by atoms with Gasteiger partial charge < -0.3 is 9.47 Å². The molecule has 0 amide bonds. The topological polar surface area (TPSA) is 65.7 Å². The van der Waals surface area contributed by atoms with Crippen molar-refractivity contribution in [2.45, 2.75) is 19.7 Å². The summed E-state index contributed by atoms with van der Waals surface area (Å²) < 4.78 is 54.1. The second-order valence-electron chi connectivity index (χ2n) is 8.93. The first kappa shape index (κ1) is 28.3. The van der Waals surface area contributed by atoms with E-state index in [1.165, 1.54) is 18.3 Å². The Hall–Kier alpha value is -4.19. The summed E-state index contributed by atoms with van der Waals surface area (Å²) in [6, 6.07) is 24.6. The third-order valence-electron chi connectivity index (χ3n) is 6.08. The highest BCUT2D eigenvalue weighted by Gasteiger charge is 2.31. The molecule has 0 radical (unpaired) electrons. The van der Waals surface area contributed by atoms with E-state index in [1.54, 1.807) is 30.3 Å². The van der Waals surface area contributed by atoms with Gasteiger partial charge in [0, 0.05) is 5.56 Å². The van der Waals surface area contributed by atoms with Crippen molar-refractivity contribution < 1.29 is 22.6 Å². The van der Waals surface area contributed by atoms with Gasteiger partial charge in [-0.3, -0.25) is 4.79 Å². The number of benzene rings is 4. The Bertz CT molecular complexity index is 1790. The van der Waals surface area contributed by atoms with Crippen LogP contribution in [0.5, 0.6) is 11.5 Å². The number of rotatable bonds is 8. The number of aromatic nitrogens is 2. The molecule has 0 saturated carbocycles. The van der Waals surface area contributed by atoms with E-state index in [0.717, 1.165) is 25.9 Å². The Kier molecular flexibility index (Phi) is 8.39. The number of hydrogen-bond donors (Lipinski definition) is 0. The minimum Gasteiger partial charge on any atom is -0.490 e. The second kappa shape index (κ2) is 12.1. The Morgan fingerprint density at radius 2 is 1.71 bits per heavy atom. The lowest BCUT2D eigenvalue weighted by atomic mass is 10.1. The van der Waals surface area contributed by atoms with Gasteiger partial charge in [-0.1, -0.05) is 54.6 Å². The molecule has 0 aliphatic carbocycles. The van der Waals surface area contributed by atoms with Crippen molar-refractivity contribution in [1.29, 1.82) is 0 Å². The summed E-state index contributed by atoms with van der Waals surface area (Å²) in [7, 11) is 0. The fourth-order valence-corrected chi connectivity index (χ4v) is 4.95. The van der Waals surface area contributed by atoms with E-state index in [0.29, 0.717) is 35.8 Å². The van der Waals surface area contributed by atoms with Crippen LogP contribution in [0.15, 0.2) is 101 Å². The predicted octanol–water partition coefficient (Wildman–Crippen LogP) is 7.55. The number of fused-ring (bicyclic) bond motifs is 1. The summed E-state index contributed by atoms with van der Waals surface area (Å²) in [6.45, 7) is 2.60. The molecular formula is C31H23F3IN3O3. The van der Waals surface area contributed by atoms with Gasteiger partial charge in [0.15, 0.2) is 17.3 Å². The Morgan fingerprint density at radius 1 is 0.951 bits per heavy atom. The molecule has 10 heteroatoms.